The highest BCUT2D eigenvalue weighted by molar-refractivity contribution is 7.33. The minimum atomic E-state index is -2.85. The second-order valence-corrected chi connectivity index (χ2v) is 4.75. The minimum absolute atomic E-state index is 0.0911. The monoisotopic (exact) mass is 296 g/mol. The van der Waals surface area contributed by atoms with E-state index in [-0.39, 0.29) is 19.8 Å². The third-order valence-electron chi connectivity index (χ3n) is 2.03. The molecule has 0 aromatic carbocycles. The summed E-state index contributed by atoms with van der Waals surface area (Å²) in [5.41, 5.74) is 0. The van der Waals surface area contributed by atoms with E-state index in [9.17, 15) is 14.2 Å². The number of rotatable bonds is 9. The summed E-state index contributed by atoms with van der Waals surface area (Å²) in [6.07, 6.45) is -0.968. The first-order valence-electron chi connectivity index (χ1n) is 6.09. The van der Waals surface area contributed by atoms with Crippen LogP contribution in [0.5, 0.6) is 0 Å². The minimum Gasteiger partial charge on any atom is -0.466 e. The molecule has 0 aromatic heterocycles. The molecule has 3 atom stereocenters. The Morgan fingerprint density at radius 2 is 1.58 bits per heavy atom. The molecule has 0 aliphatic rings. The Labute approximate surface area is 113 Å². The normalized spacial score (nSPS) is 15.4. The highest BCUT2D eigenvalue weighted by Gasteiger charge is 2.20. The van der Waals surface area contributed by atoms with Crippen LogP contribution in [0.15, 0.2) is 0 Å². The molecule has 0 fully saturated rings. The Morgan fingerprint density at radius 3 is 2.11 bits per heavy atom. The predicted octanol–water partition coefficient (Wildman–Crippen LogP) is 1.56. The topological polar surface area (TPSA) is 88.1 Å². The first-order valence-corrected chi connectivity index (χ1v) is 7.31. The number of hydrogen-bond donors (Lipinski definition) is 0. The summed E-state index contributed by atoms with van der Waals surface area (Å²) in [6.45, 7) is 6.75. The fourth-order valence-corrected chi connectivity index (χ4v) is 1.87. The van der Waals surface area contributed by atoms with Crippen LogP contribution >= 0.6 is 8.25 Å². The van der Waals surface area contributed by atoms with Gasteiger partial charge in [0.2, 0.25) is 0 Å². The number of carbonyl (C=O) groups excluding carboxylic acids is 2. The molecule has 112 valence electrons. The molecule has 0 rings (SSSR count). The smallest absolute Gasteiger partial charge is 0.335 e. The maximum Gasteiger partial charge on any atom is 0.335 e. The molecule has 0 bridgehead atoms. The van der Waals surface area contributed by atoms with E-state index in [2.05, 4.69) is 4.74 Å². The van der Waals surface area contributed by atoms with Crippen molar-refractivity contribution in [1.29, 1.82) is 0 Å². The maximum atomic E-state index is 11.4. The van der Waals surface area contributed by atoms with Gasteiger partial charge in [-0.3, -0.25) is 13.9 Å². The summed E-state index contributed by atoms with van der Waals surface area (Å²) in [5, 5.41) is 0. The molecule has 0 N–H and O–H groups in total. The van der Waals surface area contributed by atoms with Crippen molar-refractivity contribution in [3.63, 3.8) is 0 Å². The third kappa shape index (κ3) is 7.97. The molecular formula is C11H21O7P. The van der Waals surface area contributed by atoms with Crippen molar-refractivity contribution >= 4 is 20.2 Å². The first kappa shape index (κ1) is 18.1. The lowest BCUT2D eigenvalue weighted by Gasteiger charge is -2.13. The van der Waals surface area contributed by atoms with Crippen LogP contribution in [0.25, 0.3) is 0 Å². The summed E-state index contributed by atoms with van der Waals surface area (Å²) in [4.78, 5) is 22.5. The molecule has 0 aliphatic carbocycles. The van der Waals surface area contributed by atoms with Crippen LogP contribution in [0, 0.1) is 5.92 Å². The van der Waals surface area contributed by atoms with E-state index < -0.39 is 32.2 Å². The molecule has 0 amide bonds. The average Bonchev–Trinajstić information content (AvgIpc) is 2.36. The van der Waals surface area contributed by atoms with Crippen LogP contribution < -0.4 is 0 Å². The number of hydrogen-bond acceptors (Lipinski definition) is 7. The lowest BCUT2D eigenvalue weighted by molar-refractivity contribution is -0.151. The zero-order valence-corrected chi connectivity index (χ0v) is 12.6. The zero-order valence-electron chi connectivity index (χ0n) is 11.6. The van der Waals surface area contributed by atoms with Gasteiger partial charge in [-0.05, 0) is 27.7 Å². The van der Waals surface area contributed by atoms with Crippen molar-refractivity contribution in [2.75, 3.05) is 19.8 Å². The first-order chi connectivity index (χ1) is 8.92. The Kier molecular flexibility index (Phi) is 9.47. The second-order valence-electron chi connectivity index (χ2n) is 3.73. The molecule has 7 nitrogen and oxygen atoms in total. The van der Waals surface area contributed by atoms with Crippen LogP contribution in [0.3, 0.4) is 0 Å². The van der Waals surface area contributed by atoms with E-state index in [1.807, 2.05) is 0 Å². The molecule has 0 spiro atoms. The van der Waals surface area contributed by atoms with Gasteiger partial charge in [0, 0.05) is 0 Å². The summed E-state index contributed by atoms with van der Waals surface area (Å²) in [6, 6.07) is 0. The number of carbonyl (C=O) groups is 2. The van der Waals surface area contributed by atoms with E-state index >= 15 is 0 Å². The van der Waals surface area contributed by atoms with Crippen LogP contribution in [0.2, 0.25) is 0 Å². The summed E-state index contributed by atoms with van der Waals surface area (Å²) >= 11 is 0. The van der Waals surface area contributed by atoms with Gasteiger partial charge in [-0.25, -0.2) is 4.79 Å². The van der Waals surface area contributed by atoms with Crippen molar-refractivity contribution in [1.82, 2.24) is 0 Å². The fraction of sp³-hybridized carbons (Fsp3) is 0.818. The van der Waals surface area contributed by atoms with Crippen molar-refractivity contribution in [3.05, 3.63) is 0 Å². The van der Waals surface area contributed by atoms with E-state index in [0.717, 1.165) is 0 Å². The molecule has 8 heteroatoms. The average molecular weight is 296 g/mol. The molecule has 0 aromatic rings. The van der Waals surface area contributed by atoms with Gasteiger partial charge in [0.15, 0.2) is 6.10 Å². The third-order valence-corrected chi connectivity index (χ3v) is 2.98. The zero-order chi connectivity index (χ0) is 14.8. The van der Waals surface area contributed by atoms with E-state index in [4.69, 9.17) is 13.8 Å². The highest BCUT2D eigenvalue weighted by Crippen LogP contribution is 2.27. The van der Waals surface area contributed by atoms with Gasteiger partial charge in [-0.15, -0.1) is 0 Å². The summed E-state index contributed by atoms with van der Waals surface area (Å²) < 4.78 is 30.6. The molecule has 19 heavy (non-hydrogen) atoms. The Morgan fingerprint density at radius 1 is 1.05 bits per heavy atom. The molecule has 0 saturated heterocycles. The van der Waals surface area contributed by atoms with Crippen molar-refractivity contribution in [2.24, 2.45) is 5.92 Å². The number of esters is 2. The summed E-state index contributed by atoms with van der Waals surface area (Å²) in [7, 11) is -2.85. The van der Waals surface area contributed by atoms with Gasteiger partial charge in [-0.1, -0.05) is 0 Å². The molecule has 0 saturated carbocycles. The van der Waals surface area contributed by atoms with Crippen molar-refractivity contribution in [3.8, 4) is 0 Å². The van der Waals surface area contributed by atoms with Gasteiger partial charge >= 0.3 is 20.2 Å². The lowest BCUT2D eigenvalue weighted by atomic mass is 10.2. The molecule has 3 unspecified atom stereocenters. The highest BCUT2D eigenvalue weighted by atomic mass is 31.1. The Bertz CT molecular complexity index is 318. The van der Waals surface area contributed by atoms with E-state index in [1.54, 1.807) is 20.8 Å². The fourth-order valence-electron chi connectivity index (χ4n) is 1.03. The van der Waals surface area contributed by atoms with Gasteiger partial charge in [0.1, 0.15) is 0 Å². The Hall–Kier alpha value is -0.910. The van der Waals surface area contributed by atoms with E-state index in [0.29, 0.717) is 0 Å². The van der Waals surface area contributed by atoms with Gasteiger partial charge in [0.25, 0.3) is 0 Å². The van der Waals surface area contributed by atoms with Crippen LogP contribution in [-0.4, -0.2) is 37.9 Å². The second kappa shape index (κ2) is 9.95. The van der Waals surface area contributed by atoms with Crippen LogP contribution in [0.4, 0.5) is 0 Å². The van der Waals surface area contributed by atoms with Gasteiger partial charge < -0.3 is 14.0 Å². The quantitative estimate of drug-likeness (QED) is 0.471. The van der Waals surface area contributed by atoms with Crippen LogP contribution in [0.1, 0.15) is 27.7 Å². The standard InChI is InChI=1S/C11H21O7P/c1-5-15-10(12)8(3)7-17-19(14)18-9(4)11(13)16-6-2/h8-9,19H,5-7H2,1-4H3. The molecule has 0 radical (unpaired) electrons. The van der Waals surface area contributed by atoms with Gasteiger partial charge in [0.05, 0.1) is 25.7 Å². The SMILES string of the molecule is CCOC(=O)C(C)CO[PH](=O)OC(C)C(=O)OCC. The van der Waals surface area contributed by atoms with Crippen molar-refractivity contribution < 1.29 is 32.7 Å². The largest absolute Gasteiger partial charge is 0.466 e. The molecule has 0 heterocycles. The Balaban J connectivity index is 3.98. The van der Waals surface area contributed by atoms with E-state index in [1.165, 1.54) is 6.92 Å². The van der Waals surface area contributed by atoms with Crippen molar-refractivity contribution in [2.45, 2.75) is 33.8 Å². The number of ether oxygens (including phenoxy) is 2. The molecular weight excluding hydrogens is 275 g/mol. The van der Waals surface area contributed by atoms with Gasteiger partial charge in [-0.2, -0.15) is 0 Å². The molecule has 0 aliphatic heterocycles. The maximum absolute atomic E-state index is 11.4. The van der Waals surface area contributed by atoms with Crippen LogP contribution in [-0.2, 0) is 32.7 Å². The predicted molar refractivity (Wildman–Crippen MR) is 67.9 cm³/mol. The summed E-state index contributed by atoms with van der Waals surface area (Å²) in [5.74, 6) is -1.59. The lowest BCUT2D eigenvalue weighted by Crippen LogP contribution is -2.22.